The zero-order chi connectivity index (χ0) is 19.0. The standard InChI is InChI=1S/C21H23N3O2S/c1-14-6-8-16(9-7-14)17-12-27-20-19(17)21(26)23(13-22-20)11-18(25)24-10-4-3-5-15(24)2/h6-9,12-13,15H,3-5,10-11H2,1-2H3. The van der Waals surface area contributed by atoms with E-state index in [1.54, 1.807) is 0 Å². The minimum atomic E-state index is -0.144. The van der Waals surface area contributed by atoms with Crippen LogP contribution in [0.15, 0.2) is 40.8 Å². The van der Waals surface area contributed by atoms with Crippen molar-refractivity contribution in [2.45, 2.75) is 45.7 Å². The van der Waals surface area contributed by atoms with Crippen LogP contribution in [-0.4, -0.2) is 32.9 Å². The van der Waals surface area contributed by atoms with Crippen molar-refractivity contribution in [3.63, 3.8) is 0 Å². The molecule has 3 heterocycles. The molecule has 1 saturated heterocycles. The second kappa shape index (κ2) is 7.27. The quantitative estimate of drug-likeness (QED) is 0.693. The Hall–Kier alpha value is -2.47. The van der Waals surface area contributed by atoms with Gasteiger partial charge < -0.3 is 4.90 Å². The van der Waals surface area contributed by atoms with Gasteiger partial charge in [-0.15, -0.1) is 11.3 Å². The lowest BCUT2D eigenvalue weighted by Crippen LogP contribution is -2.44. The topological polar surface area (TPSA) is 55.2 Å². The lowest BCUT2D eigenvalue weighted by Gasteiger charge is -2.33. The van der Waals surface area contributed by atoms with Crippen LogP contribution in [0.25, 0.3) is 21.3 Å². The van der Waals surface area contributed by atoms with Crippen LogP contribution in [0.4, 0.5) is 0 Å². The van der Waals surface area contributed by atoms with Gasteiger partial charge in [-0.1, -0.05) is 29.8 Å². The Kier molecular flexibility index (Phi) is 4.83. The first-order chi connectivity index (χ1) is 13.0. The van der Waals surface area contributed by atoms with E-state index in [0.29, 0.717) is 10.2 Å². The number of thiophene rings is 1. The first-order valence-corrected chi connectivity index (χ1v) is 10.3. The minimum absolute atomic E-state index is 0.00225. The van der Waals surface area contributed by atoms with Crippen molar-refractivity contribution < 1.29 is 4.79 Å². The molecule has 0 spiro atoms. The molecule has 4 rings (SSSR count). The molecule has 1 unspecified atom stereocenters. The van der Waals surface area contributed by atoms with Crippen LogP contribution in [0.1, 0.15) is 31.7 Å². The normalized spacial score (nSPS) is 17.4. The van der Waals surface area contributed by atoms with Crippen molar-refractivity contribution in [3.8, 4) is 11.1 Å². The number of hydrogen-bond acceptors (Lipinski definition) is 4. The summed E-state index contributed by atoms with van der Waals surface area (Å²) < 4.78 is 1.45. The largest absolute Gasteiger partial charge is 0.338 e. The zero-order valence-electron chi connectivity index (χ0n) is 15.6. The third kappa shape index (κ3) is 3.41. The SMILES string of the molecule is Cc1ccc(-c2csc3ncn(CC(=O)N4CCCCC4C)c(=O)c23)cc1. The maximum Gasteiger partial charge on any atom is 0.263 e. The van der Waals surface area contributed by atoms with Crippen LogP contribution in [0, 0.1) is 6.92 Å². The molecule has 0 saturated carbocycles. The molecule has 0 radical (unpaired) electrons. The molecule has 0 bridgehead atoms. The highest BCUT2D eigenvalue weighted by Gasteiger charge is 2.24. The van der Waals surface area contributed by atoms with Crippen molar-refractivity contribution in [1.29, 1.82) is 0 Å². The maximum absolute atomic E-state index is 13.1. The fourth-order valence-corrected chi connectivity index (χ4v) is 4.64. The first-order valence-electron chi connectivity index (χ1n) is 9.38. The summed E-state index contributed by atoms with van der Waals surface area (Å²) in [5, 5.41) is 2.58. The summed E-state index contributed by atoms with van der Waals surface area (Å²) in [5.41, 5.74) is 2.92. The van der Waals surface area contributed by atoms with E-state index >= 15 is 0 Å². The number of benzene rings is 1. The van der Waals surface area contributed by atoms with Gasteiger partial charge in [0.15, 0.2) is 0 Å². The van der Waals surface area contributed by atoms with E-state index in [-0.39, 0.29) is 24.1 Å². The maximum atomic E-state index is 13.1. The lowest BCUT2D eigenvalue weighted by atomic mass is 10.0. The van der Waals surface area contributed by atoms with Gasteiger partial charge in [-0.25, -0.2) is 4.98 Å². The third-order valence-electron chi connectivity index (χ3n) is 5.35. The number of piperidine rings is 1. The summed E-state index contributed by atoms with van der Waals surface area (Å²) in [4.78, 5) is 32.9. The number of nitrogens with zero attached hydrogens (tertiary/aromatic N) is 3. The van der Waals surface area contributed by atoms with Gasteiger partial charge in [0.1, 0.15) is 11.4 Å². The summed E-state index contributed by atoms with van der Waals surface area (Å²) in [7, 11) is 0. The van der Waals surface area contributed by atoms with Gasteiger partial charge in [0.05, 0.1) is 11.7 Å². The molecule has 140 valence electrons. The van der Waals surface area contributed by atoms with Crippen molar-refractivity contribution in [3.05, 3.63) is 51.9 Å². The van der Waals surface area contributed by atoms with E-state index in [9.17, 15) is 9.59 Å². The average molecular weight is 382 g/mol. The number of hydrogen-bond donors (Lipinski definition) is 0. The van der Waals surface area contributed by atoms with Crippen LogP contribution in [-0.2, 0) is 11.3 Å². The van der Waals surface area contributed by atoms with E-state index in [4.69, 9.17) is 0 Å². The van der Waals surface area contributed by atoms with E-state index < -0.39 is 0 Å². The number of likely N-dealkylation sites (tertiary alicyclic amines) is 1. The second-order valence-corrected chi connectivity index (χ2v) is 8.16. The predicted molar refractivity (Wildman–Crippen MR) is 109 cm³/mol. The van der Waals surface area contributed by atoms with Crippen molar-refractivity contribution in [2.24, 2.45) is 0 Å². The Balaban J connectivity index is 1.69. The number of aryl methyl sites for hydroxylation is 1. The minimum Gasteiger partial charge on any atom is -0.338 e. The number of amides is 1. The Morgan fingerprint density at radius 1 is 1.26 bits per heavy atom. The number of fused-ring (bicyclic) bond motifs is 1. The number of carbonyl (C=O) groups is 1. The van der Waals surface area contributed by atoms with Gasteiger partial charge in [0.25, 0.3) is 5.56 Å². The van der Waals surface area contributed by atoms with Crippen LogP contribution < -0.4 is 5.56 Å². The monoisotopic (exact) mass is 381 g/mol. The van der Waals surface area contributed by atoms with E-state index in [0.717, 1.165) is 36.9 Å². The zero-order valence-corrected chi connectivity index (χ0v) is 16.5. The molecule has 1 atom stereocenters. The molecular weight excluding hydrogens is 358 g/mol. The van der Waals surface area contributed by atoms with Crippen LogP contribution in [0.3, 0.4) is 0 Å². The molecule has 5 nitrogen and oxygen atoms in total. The molecule has 2 aromatic heterocycles. The van der Waals surface area contributed by atoms with Crippen molar-refractivity contribution >= 4 is 27.5 Å². The molecule has 0 aliphatic carbocycles. The molecule has 1 fully saturated rings. The highest BCUT2D eigenvalue weighted by Crippen LogP contribution is 2.30. The van der Waals surface area contributed by atoms with Gasteiger partial charge in [-0.05, 0) is 38.7 Å². The highest BCUT2D eigenvalue weighted by molar-refractivity contribution is 7.17. The fourth-order valence-electron chi connectivity index (χ4n) is 3.73. The Morgan fingerprint density at radius 3 is 2.78 bits per heavy atom. The van der Waals surface area contributed by atoms with Crippen LogP contribution in [0.2, 0.25) is 0 Å². The van der Waals surface area contributed by atoms with Crippen LogP contribution in [0.5, 0.6) is 0 Å². The summed E-state index contributed by atoms with van der Waals surface area (Å²) in [5.74, 6) is -0.00225. The van der Waals surface area contributed by atoms with E-state index in [2.05, 4.69) is 11.9 Å². The molecule has 1 aliphatic rings. The van der Waals surface area contributed by atoms with Crippen molar-refractivity contribution in [1.82, 2.24) is 14.5 Å². The van der Waals surface area contributed by atoms with Gasteiger partial charge in [-0.3, -0.25) is 14.2 Å². The number of carbonyl (C=O) groups excluding carboxylic acids is 1. The van der Waals surface area contributed by atoms with Gasteiger partial charge in [-0.2, -0.15) is 0 Å². The summed E-state index contributed by atoms with van der Waals surface area (Å²) in [6.07, 6.45) is 4.73. The van der Waals surface area contributed by atoms with Gasteiger partial charge in [0, 0.05) is 23.5 Å². The van der Waals surface area contributed by atoms with E-state index in [1.807, 2.05) is 41.5 Å². The smallest absolute Gasteiger partial charge is 0.263 e. The van der Waals surface area contributed by atoms with Crippen molar-refractivity contribution in [2.75, 3.05) is 6.54 Å². The van der Waals surface area contributed by atoms with Gasteiger partial charge in [0.2, 0.25) is 5.91 Å². The Labute approximate surface area is 162 Å². The second-order valence-electron chi connectivity index (χ2n) is 7.31. The van der Waals surface area contributed by atoms with E-state index in [1.165, 1.54) is 27.8 Å². The summed E-state index contributed by atoms with van der Waals surface area (Å²) in [6.45, 7) is 4.94. The molecule has 1 aliphatic heterocycles. The third-order valence-corrected chi connectivity index (χ3v) is 6.24. The Bertz CT molecular complexity index is 1040. The highest BCUT2D eigenvalue weighted by atomic mass is 32.1. The fraction of sp³-hybridized carbons (Fsp3) is 0.381. The number of rotatable bonds is 3. The molecule has 1 aromatic carbocycles. The lowest BCUT2D eigenvalue weighted by molar-refractivity contribution is -0.135. The number of aromatic nitrogens is 2. The summed E-state index contributed by atoms with van der Waals surface area (Å²) >= 11 is 1.46. The van der Waals surface area contributed by atoms with Gasteiger partial charge >= 0.3 is 0 Å². The predicted octanol–water partition coefficient (Wildman–Crippen LogP) is 3.83. The summed E-state index contributed by atoms with van der Waals surface area (Å²) in [6, 6.07) is 8.36. The molecule has 6 heteroatoms. The molecule has 27 heavy (non-hydrogen) atoms. The first kappa shape index (κ1) is 17.9. The molecule has 0 N–H and O–H groups in total. The average Bonchev–Trinajstić information content (AvgIpc) is 3.10. The molecule has 3 aromatic rings. The Morgan fingerprint density at radius 2 is 2.04 bits per heavy atom. The molecular formula is C21H23N3O2S. The molecule has 1 amide bonds. The van der Waals surface area contributed by atoms with Crippen LogP contribution >= 0.6 is 11.3 Å².